The maximum absolute atomic E-state index is 6.25. The van der Waals surface area contributed by atoms with Crippen LogP contribution in [0.5, 0.6) is 0 Å². The molecule has 1 aromatic heterocycles. The topological polar surface area (TPSA) is 43.0 Å². The summed E-state index contributed by atoms with van der Waals surface area (Å²) in [5, 5.41) is 4.99. The standard InChI is InChI=1S/C15H19N3/c1-9-5-6-11(16)13-10-3-2-4-12-15(10)18(14(9)13)8-7-17-12/h5-6,12,17H,2-4,7-8,16H2,1H3. The summed E-state index contributed by atoms with van der Waals surface area (Å²) >= 11 is 0. The SMILES string of the molecule is Cc1ccc(N)c2c3c4n(c12)CCNC4CCC3. The first-order chi connectivity index (χ1) is 8.77. The van der Waals surface area contributed by atoms with E-state index in [9.17, 15) is 0 Å². The van der Waals surface area contributed by atoms with Crippen LogP contribution in [0.1, 0.15) is 35.7 Å². The van der Waals surface area contributed by atoms with Gasteiger partial charge in [0.15, 0.2) is 0 Å². The van der Waals surface area contributed by atoms with E-state index in [2.05, 4.69) is 28.9 Å². The molecule has 3 heteroatoms. The van der Waals surface area contributed by atoms with Gasteiger partial charge in [0.25, 0.3) is 0 Å². The lowest BCUT2D eigenvalue weighted by molar-refractivity contribution is 0.384. The molecular weight excluding hydrogens is 222 g/mol. The van der Waals surface area contributed by atoms with E-state index in [-0.39, 0.29) is 0 Å². The number of benzene rings is 1. The predicted octanol–water partition coefficient (Wildman–Crippen LogP) is 2.51. The molecule has 0 spiro atoms. The Kier molecular flexibility index (Phi) is 2.04. The van der Waals surface area contributed by atoms with Crippen LogP contribution in [-0.2, 0) is 13.0 Å². The fourth-order valence-corrected chi connectivity index (χ4v) is 3.84. The molecule has 3 N–H and O–H groups in total. The molecule has 0 amide bonds. The van der Waals surface area contributed by atoms with Gasteiger partial charge >= 0.3 is 0 Å². The van der Waals surface area contributed by atoms with Gasteiger partial charge in [-0.1, -0.05) is 6.07 Å². The summed E-state index contributed by atoms with van der Waals surface area (Å²) in [6, 6.07) is 4.77. The van der Waals surface area contributed by atoms with E-state index in [1.165, 1.54) is 47.0 Å². The maximum Gasteiger partial charge on any atom is 0.0536 e. The van der Waals surface area contributed by atoms with Crippen molar-refractivity contribution in [3.8, 4) is 0 Å². The number of fused-ring (bicyclic) bond motifs is 3. The predicted molar refractivity (Wildman–Crippen MR) is 74.8 cm³/mol. The quantitative estimate of drug-likeness (QED) is 0.696. The second-order valence-corrected chi connectivity index (χ2v) is 5.61. The van der Waals surface area contributed by atoms with Gasteiger partial charge in [0.2, 0.25) is 0 Å². The third kappa shape index (κ3) is 1.18. The molecule has 2 heterocycles. The molecule has 0 saturated heterocycles. The second kappa shape index (κ2) is 3.51. The first-order valence-electron chi connectivity index (χ1n) is 6.91. The molecule has 1 atom stereocenters. The lowest BCUT2D eigenvalue weighted by Crippen LogP contribution is -2.35. The zero-order chi connectivity index (χ0) is 12.3. The Bertz CT molecular complexity index is 586. The Balaban J connectivity index is 2.18. The molecule has 1 aliphatic heterocycles. The van der Waals surface area contributed by atoms with Crippen molar-refractivity contribution in [1.29, 1.82) is 0 Å². The van der Waals surface area contributed by atoms with Gasteiger partial charge in [-0.15, -0.1) is 0 Å². The number of hydrogen-bond donors (Lipinski definition) is 2. The zero-order valence-electron chi connectivity index (χ0n) is 10.8. The molecule has 0 saturated carbocycles. The molecule has 0 fully saturated rings. The lowest BCUT2D eigenvalue weighted by Gasteiger charge is -2.31. The molecule has 2 aromatic rings. The minimum Gasteiger partial charge on any atom is -0.398 e. The number of aromatic nitrogens is 1. The van der Waals surface area contributed by atoms with Crippen LogP contribution in [0.2, 0.25) is 0 Å². The molecule has 3 nitrogen and oxygen atoms in total. The van der Waals surface area contributed by atoms with E-state index in [1.807, 2.05) is 0 Å². The van der Waals surface area contributed by atoms with Gasteiger partial charge in [0.05, 0.1) is 5.52 Å². The van der Waals surface area contributed by atoms with Crippen molar-refractivity contribution in [2.45, 2.75) is 38.8 Å². The van der Waals surface area contributed by atoms with Crippen molar-refractivity contribution in [3.63, 3.8) is 0 Å². The van der Waals surface area contributed by atoms with Crippen LogP contribution in [0.4, 0.5) is 5.69 Å². The highest BCUT2D eigenvalue weighted by molar-refractivity contribution is 5.98. The van der Waals surface area contributed by atoms with E-state index in [0.29, 0.717) is 6.04 Å². The number of aryl methyl sites for hydroxylation is 2. The smallest absolute Gasteiger partial charge is 0.0536 e. The molecule has 1 aliphatic carbocycles. The van der Waals surface area contributed by atoms with E-state index >= 15 is 0 Å². The molecule has 0 radical (unpaired) electrons. The summed E-state index contributed by atoms with van der Waals surface area (Å²) in [4.78, 5) is 0. The largest absolute Gasteiger partial charge is 0.398 e. The normalized spacial score (nSPS) is 22.2. The van der Waals surface area contributed by atoms with Crippen LogP contribution in [0, 0.1) is 6.92 Å². The van der Waals surface area contributed by atoms with Gasteiger partial charge in [0.1, 0.15) is 0 Å². The Morgan fingerprint density at radius 3 is 3.17 bits per heavy atom. The maximum atomic E-state index is 6.25. The average Bonchev–Trinajstić information content (AvgIpc) is 2.73. The van der Waals surface area contributed by atoms with Crippen LogP contribution < -0.4 is 11.1 Å². The molecule has 0 bridgehead atoms. The van der Waals surface area contributed by atoms with Crippen LogP contribution in [0.25, 0.3) is 10.9 Å². The van der Waals surface area contributed by atoms with Crippen molar-refractivity contribution in [1.82, 2.24) is 9.88 Å². The number of rotatable bonds is 0. The molecule has 4 rings (SSSR count). The van der Waals surface area contributed by atoms with E-state index in [1.54, 1.807) is 0 Å². The first-order valence-corrected chi connectivity index (χ1v) is 6.91. The zero-order valence-corrected chi connectivity index (χ0v) is 10.8. The van der Waals surface area contributed by atoms with Crippen LogP contribution in [0.3, 0.4) is 0 Å². The third-order valence-corrected chi connectivity index (χ3v) is 4.56. The van der Waals surface area contributed by atoms with Gasteiger partial charge in [-0.3, -0.25) is 0 Å². The summed E-state index contributed by atoms with van der Waals surface area (Å²) in [7, 11) is 0. The second-order valence-electron chi connectivity index (χ2n) is 5.61. The molecule has 2 aliphatic rings. The third-order valence-electron chi connectivity index (χ3n) is 4.56. The fraction of sp³-hybridized carbons (Fsp3) is 0.467. The Hall–Kier alpha value is -1.48. The molecule has 18 heavy (non-hydrogen) atoms. The fourth-order valence-electron chi connectivity index (χ4n) is 3.84. The van der Waals surface area contributed by atoms with Gasteiger partial charge in [-0.2, -0.15) is 0 Å². The summed E-state index contributed by atoms with van der Waals surface area (Å²) < 4.78 is 2.52. The number of nitrogen functional groups attached to an aromatic ring is 1. The summed E-state index contributed by atoms with van der Waals surface area (Å²) in [5.41, 5.74) is 13.0. The van der Waals surface area contributed by atoms with Gasteiger partial charge in [0, 0.05) is 35.9 Å². The van der Waals surface area contributed by atoms with Crippen LogP contribution >= 0.6 is 0 Å². The molecular formula is C15H19N3. The number of nitrogens with one attached hydrogen (secondary N) is 1. The van der Waals surface area contributed by atoms with Gasteiger partial charge < -0.3 is 15.6 Å². The first kappa shape index (κ1) is 10.4. The summed E-state index contributed by atoms with van der Waals surface area (Å²) in [6.07, 6.45) is 3.73. The number of anilines is 1. The summed E-state index contributed by atoms with van der Waals surface area (Å²) in [6.45, 7) is 4.36. The Morgan fingerprint density at radius 2 is 2.28 bits per heavy atom. The Labute approximate surface area is 107 Å². The van der Waals surface area contributed by atoms with E-state index in [4.69, 9.17) is 5.73 Å². The molecule has 1 aromatic carbocycles. The highest BCUT2D eigenvalue weighted by Crippen LogP contribution is 2.41. The minimum absolute atomic E-state index is 0.550. The molecule has 1 unspecified atom stereocenters. The highest BCUT2D eigenvalue weighted by atomic mass is 15.1. The van der Waals surface area contributed by atoms with E-state index in [0.717, 1.165) is 18.8 Å². The van der Waals surface area contributed by atoms with Crippen molar-refractivity contribution in [3.05, 3.63) is 29.0 Å². The van der Waals surface area contributed by atoms with Crippen molar-refractivity contribution in [2.75, 3.05) is 12.3 Å². The van der Waals surface area contributed by atoms with Gasteiger partial charge in [-0.05, 0) is 43.4 Å². The lowest BCUT2D eigenvalue weighted by atomic mass is 9.90. The number of nitrogens with zero attached hydrogens (tertiary/aromatic N) is 1. The monoisotopic (exact) mass is 241 g/mol. The van der Waals surface area contributed by atoms with Crippen LogP contribution in [-0.4, -0.2) is 11.1 Å². The number of hydrogen-bond acceptors (Lipinski definition) is 2. The number of nitrogens with two attached hydrogens (primary N) is 1. The molecule has 94 valence electrons. The van der Waals surface area contributed by atoms with Crippen LogP contribution in [0.15, 0.2) is 12.1 Å². The highest BCUT2D eigenvalue weighted by Gasteiger charge is 2.30. The van der Waals surface area contributed by atoms with Crippen molar-refractivity contribution < 1.29 is 0 Å². The van der Waals surface area contributed by atoms with Crippen molar-refractivity contribution >= 4 is 16.6 Å². The average molecular weight is 241 g/mol. The summed E-state index contributed by atoms with van der Waals surface area (Å²) in [5.74, 6) is 0. The Morgan fingerprint density at radius 1 is 1.39 bits per heavy atom. The van der Waals surface area contributed by atoms with E-state index < -0.39 is 0 Å². The van der Waals surface area contributed by atoms with Gasteiger partial charge in [-0.25, -0.2) is 0 Å². The van der Waals surface area contributed by atoms with Crippen molar-refractivity contribution in [2.24, 2.45) is 0 Å². The minimum atomic E-state index is 0.550.